The highest BCUT2D eigenvalue weighted by atomic mass is 15.2. The van der Waals surface area contributed by atoms with E-state index in [0.717, 1.165) is 32.6 Å². The first-order chi connectivity index (χ1) is 12.3. The number of rotatable bonds is 9. The van der Waals surface area contributed by atoms with Crippen LogP contribution in [0.25, 0.3) is 0 Å². The molecule has 0 spiro atoms. The molecule has 0 saturated carbocycles. The standard InChI is InChI=1S/C17H28N8/c18-15-16(20-5-4-10-25-11-6-19-14-25)22-13-23-17(15)21-7-12-24-8-2-1-3-9-24/h6,11,13-14H,1-5,7-10,12,18H2,(H2,20,21,22,23). The summed E-state index contributed by atoms with van der Waals surface area (Å²) in [7, 11) is 0. The van der Waals surface area contributed by atoms with Gasteiger partial charge in [-0.2, -0.15) is 0 Å². The molecular weight excluding hydrogens is 316 g/mol. The van der Waals surface area contributed by atoms with Crippen LogP contribution >= 0.6 is 0 Å². The molecule has 8 heteroatoms. The van der Waals surface area contributed by atoms with Gasteiger partial charge in [-0.25, -0.2) is 15.0 Å². The Kier molecular flexibility index (Phi) is 6.44. The first-order valence-corrected chi connectivity index (χ1v) is 9.09. The molecule has 0 amide bonds. The minimum atomic E-state index is 0.587. The molecule has 136 valence electrons. The summed E-state index contributed by atoms with van der Waals surface area (Å²) in [5.41, 5.74) is 6.79. The molecule has 3 heterocycles. The average molecular weight is 344 g/mol. The van der Waals surface area contributed by atoms with Crippen molar-refractivity contribution in [1.82, 2.24) is 24.4 Å². The minimum absolute atomic E-state index is 0.587. The quantitative estimate of drug-likeness (QED) is 0.595. The SMILES string of the molecule is Nc1c(NCCCn2ccnc2)ncnc1NCCN1CCCCC1. The number of imidazole rings is 1. The van der Waals surface area contributed by atoms with E-state index in [4.69, 9.17) is 5.73 Å². The van der Waals surface area contributed by atoms with Crippen LogP contribution in [0.5, 0.6) is 0 Å². The summed E-state index contributed by atoms with van der Waals surface area (Å²) in [5, 5.41) is 6.64. The van der Waals surface area contributed by atoms with Crippen molar-refractivity contribution in [3.05, 3.63) is 25.0 Å². The van der Waals surface area contributed by atoms with Gasteiger partial charge in [0.15, 0.2) is 11.6 Å². The second kappa shape index (κ2) is 9.22. The molecule has 0 unspecified atom stereocenters. The van der Waals surface area contributed by atoms with Crippen molar-refractivity contribution in [2.75, 3.05) is 49.1 Å². The number of aromatic nitrogens is 4. The van der Waals surface area contributed by atoms with Crippen LogP contribution in [-0.4, -0.2) is 57.1 Å². The van der Waals surface area contributed by atoms with E-state index >= 15 is 0 Å². The lowest BCUT2D eigenvalue weighted by Gasteiger charge is -2.26. The average Bonchev–Trinajstić information content (AvgIpc) is 3.16. The van der Waals surface area contributed by atoms with Crippen LogP contribution in [0.2, 0.25) is 0 Å². The van der Waals surface area contributed by atoms with Crippen molar-refractivity contribution in [1.29, 1.82) is 0 Å². The summed E-state index contributed by atoms with van der Waals surface area (Å²) in [6.45, 7) is 5.99. The Hall–Kier alpha value is -2.35. The molecule has 1 aliphatic heterocycles. The van der Waals surface area contributed by atoms with Crippen molar-refractivity contribution in [2.45, 2.75) is 32.2 Å². The van der Waals surface area contributed by atoms with Gasteiger partial charge in [0.05, 0.1) is 6.33 Å². The number of anilines is 3. The highest BCUT2D eigenvalue weighted by Crippen LogP contribution is 2.22. The Morgan fingerprint density at radius 1 is 1.00 bits per heavy atom. The number of aryl methyl sites for hydroxylation is 1. The van der Waals surface area contributed by atoms with E-state index in [9.17, 15) is 0 Å². The number of nitrogens with zero attached hydrogens (tertiary/aromatic N) is 5. The summed E-state index contributed by atoms with van der Waals surface area (Å²) < 4.78 is 2.05. The molecule has 1 saturated heterocycles. The molecule has 1 fully saturated rings. The van der Waals surface area contributed by atoms with Crippen LogP contribution in [0.4, 0.5) is 17.3 Å². The number of nitrogens with two attached hydrogens (primary N) is 1. The van der Waals surface area contributed by atoms with Gasteiger partial charge in [-0.3, -0.25) is 0 Å². The van der Waals surface area contributed by atoms with Gasteiger partial charge >= 0.3 is 0 Å². The van der Waals surface area contributed by atoms with E-state index in [1.165, 1.54) is 32.4 Å². The smallest absolute Gasteiger partial charge is 0.154 e. The Balaban J connectivity index is 1.42. The van der Waals surface area contributed by atoms with E-state index in [2.05, 4.69) is 35.1 Å². The third-order valence-corrected chi connectivity index (χ3v) is 4.50. The molecule has 4 N–H and O–H groups in total. The second-order valence-corrected chi connectivity index (χ2v) is 6.39. The largest absolute Gasteiger partial charge is 0.393 e. The van der Waals surface area contributed by atoms with Crippen LogP contribution < -0.4 is 16.4 Å². The third kappa shape index (κ3) is 5.32. The number of piperidine rings is 1. The van der Waals surface area contributed by atoms with Crippen molar-refractivity contribution < 1.29 is 0 Å². The van der Waals surface area contributed by atoms with Gasteiger partial charge in [0, 0.05) is 38.6 Å². The molecule has 0 atom stereocenters. The lowest BCUT2D eigenvalue weighted by Crippen LogP contribution is -2.33. The maximum Gasteiger partial charge on any atom is 0.154 e. The van der Waals surface area contributed by atoms with Gasteiger partial charge < -0.3 is 25.8 Å². The van der Waals surface area contributed by atoms with Crippen LogP contribution in [0.1, 0.15) is 25.7 Å². The van der Waals surface area contributed by atoms with Crippen LogP contribution in [0.15, 0.2) is 25.0 Å². The van der Waals surface area contributed by atoms with Crippen LogP contribution in [0, 0.1) is 0 Å². The van der Waals surface area contributed by atoms with Gasteiger partial charge in [0.1, 0.15) is 12.0 Å². The highest BCUT2D eigenvalue weighted by molar-refractivity contribution is 5.73. The van der Waals surface area contributed by atoms with Gasteiger partial charge in [0.2, 0.25) is 0 Å². The molecule has 8 nitrogen and oxygen atoms in total. The zero-order chi connectivity index (χ0) is 17.3. The van der Waals surface area contributed by atoms with E-state index in [1.807, 2.05) is 12.5 Å². The first kappa shape index (κ1) is 17.5. The third-order valence-electron chi connectivity index (χ3n) is 4.50. The van der Waals surface area contributed by atoms with E-state index in [-0.39, 0.29) is 0 Å². The fourth-order valence-electron chi connectivity index (χ4n) is 3.08. The topological polar surface area (TPSA) is 96.9 Å². The zero-order valence-electron chi connectivity index (χ0n) is 14.7. The van der Waals surface area contributed by atoms with Gasteiger partial charge in [0.25, 0.3) is 0 Å². The zero-order valence-corrected chi connectivity index (χ0v) is 14.7. The molecule has 3 rings (SSSR count). The van der Waals surface area contributed by atoms with Gasteiger partial charge in [-0.15, -0.1) is 0 Å². The number of hydrogen-bond donors (Lipinski definition) is 3. The summed E-state index contributed by atoms with van der Waals surface area (Å²) >= 11 is 0. The van der Waals surface area contributed by atoms with E-state index in [0.29, 0.717) is 17.3 Å². The highest BCUT2D eigenvalue weighted by Gasteiger charge is 2.11. The molecule has 1 aliphatic rings. The Labute approximate surface area is 148 Å². The van der Waals surface area contributed by atoms with Crippen molar-refractivity contribution in [2.24, 2.45) is 0 Å². The lowest BCUT2D eigenvalue weighted by atomic mass is 10.1. The molecule has 0 bridgehead atoms. The fourth-order valence-corrected chi connectivity index (χ4v) is 3.08. The van der Waals surface area contributed by atoms with Crippen LogP contribution in [-0.2, 0) is 6.54 Å². The number of likely N-dealkylation sites (tertiary alicyclic amines) is 1. The first-order valence-electron chi connectivity index (χ1n) is 9.09. The van der Waals surface area contributed by atoms with E-state index < -0.39 is 0 Å². The number of nitrogens with one attached hydrogen (secondary N) is 2. The summed E-state index contributed by atoms with van der Waals surface area (Å²) in [6, 6.07) is 0. The predicted octanol–water partition coefficient (Wildman–Crippen LogP) is 1.66. The van der Waals surface area contributed by atoms with Gasteiger partial charge in [-0.05, 0) is 32.4 Å². The maximum atomic E-state index is 6.20. The fraction of sp³-hybridized carbons (Fsp3) is 0.588. The summed E-state index contributed by atoms with van der Waals surface area (Å²) in [6.07, 6.45) is 12.1. The normalized spacial score (nSPS) is 15.2. The molecule has 2 aromatic heterocycles. The minimum Gasteiger partial charge on any atom is -0.393 e. The second-order valence-electron chi connectivity index (χ2n) is 6.39. The lowest BCUT2D eigenvalue weighted by molar-refractivity contribution is 0.237. The predicted molar refractivity (Wildman–Crippen MR) is 101 cm³/mol. The Bertz CT molecular complexity index is 622. The van der Waals surface area contributed by atoms with Crippen molar-refractivity contribution in [3.8, 4) is 0 Å². The molecule has 0 radical (unpaired) electrons. The molecule has 0 aliphatic carbocycles. The molecule has 0 aromatic carbocycles. The molecular formula is C17H28N8. The summed E-state index contributed by atoms with van der Waals surface area (Å²) in [5.74, 6) is 1.41. The van der Waals surface area contributed by atoms with Crippen molar-refractivity contribution in [3.63, 3.8) is 0 Å². The molecule has 25 heavy (non-hydrogen) atoms. The number of hydrogen-bond acceptors (Lipinski definition) is 7. The summed E-state index contributed by atoms with van der Waals surface area (Å²) in [4.78, 5) is 15.1. The maximum absolute atomic E-state index is 6.20. The van der Waals surface area contributed by atoms with Crippen molar-refractivity contribution >= 4 is 17.3 Å². The van der Waals surface area contributed by atoms with Crippen LogP contribution in [0.3, 0.4) is 0 Å². The number of nitrogen functional groups attached to an aromatic ring is 1. The van der Waals surface area contributed by atoms with E-state index in [1.54, 1.807) is 12.5 Å². The molecule has 2 aromatic rings. The van der Waals surface area contributed by atoms with Gasteiger partial charge in [-0.1, -0.05) is 6.42 Å². The Morgan fingerprint density at radius 2 is 1.76 bits per heavy atom. The monoisotopic (exact) mass is 344 g/mol. The Morgan fingerprint density at radius 3 is 2.48 bits per heavy atom.